The molecule has 1 rings (SSSR count). The van der Waals surface area contributed by atoms with Gasteiger partial charge in [-0.1, -0.05) is 0 Å². The molecule has 7 heteroatoms. The van der Waals surface area contributed by atoms with Crippen molar-refractivity contribution in [2.75, 3.05) is 6.61 Å². The van der Waals surface area contributed by atoms with Crippen LogP contribution in [0.2, 0.25) is 0 Å². The molecule has 0 spiro atoms. The molecule has 0 saturated heterocycles. The zero-order valence-corrected chi connectivity index (χ0v) is 9.15. The van der Waals surface area contributed by atoms with Crippen molar-refractivity contribution in [3.63, 3.8) is 0 Å². The van der Waals surface area contributed by atoms with Crippen molar-refractivity contribution >= 4 is 32.8 Å². The van der Waals surface area contributed by atoms with Crippen molar-refractivity contribution in [1.29, 1.82) is 0 Å². The summed E-state index contributed by atoms with van der Waals surface area (Å²) in [5.41, 5.74) is 4.99. The fourth-order valence-electron chi connectivity index (χ4n) is 0.755. The van der Waals surface area contributed by atoms with Crippen LogP contribution in [0.4, 0.5) is 0 Å². The molecule has 13 heavy (non-hydrogen) atoms. The third-order valence-corrected chi connectivity index (χ3v) is 3.32. The van der Waals surface area contributed by atoms with Gasteiger partial charge in [0.1, 0.15) is 0 Å². The average molecular weight is 267 g/mol. The van der Waals surface area contributed by atoms with Gasteiger partial charge in [-0.05, 0) is 22.9 Å². The number of aromatic nitrogens is 1. The fourth-order valence-corrected chi connectivity index (χ4v) is 2.49. The number of hydrogen-bond acceptors (Lipinski definition) is 4. The molecule has 1 amide bonds. The molecule has 0 radical (unpaired) electrons. The third-order valence-electron chi connectivity index (χ3n) is 1.23. The number of ether oxygens (including phenoxy) is 1. The van der Waals surface area contributed by atoms with Crippen LogP contribution < -0.4 is 10.5 Å². The van der Waals surface area contributed by atoms with Crippen molar-refractivity contribution in [3.05, 3.63) is 9.35 Å². The summed E-state index contributed by atoms with van der Waals surface area (Å²) in [5.74, 6) is -0.599. The number of nitrogens with zero attached hydrogens (tertiary/aromatic N) is 1. The standard InChI is InChI=1S/C6H7BrN2O3S/c1-2-12-6-3(7)4(5(8)10)13(11)9-6/h2H2,1H3,(H2,8,10). The van der Waals surface area contributed by atoms with E-state index < -0.39 is 16.9 Å². The van der Waals surface area contributed by atoms with Crippen molar-refractivity contribution in [1.82, 2.24) is 4.37 Å². The van der Waals surface area contributed by atoms with Crippen LogP contribution in [-0.2, 0) is 0 Å². The molecule has 2 N–H and O–H groups in total. The molecule has 0 aliphatic heterocycles. The smallest absolute Gasteiger partial charge is 0.305 e. The summed E-state index contributed by atoms with van der Waals surface area (Å²) in [5, 5.41) is 0. The van der Waals surface area contributed by atoms with Gasteiger partial charge in [0.15, 0.2) is 4.47 Å². The van der Waals surface area contributed by atoms with Crippen LogP contribution in [0.3, 0.4) is 0 Å². The number of primary amides is 1. The summed E-state index contributed by atoms with van der Waals surface area (Å²) in [6.07, 6.45) is 0. The van der Waals surface area contributed by atoms with Crippen molar-refractivity contribution in [3.8, 4) is 5.88 Å². The van der Waals surface area contributed by atoms with Crippen LogP contribution >= 0.6 is 26.9 Å². The lowest BCUT2D eigenvalue weighted by molar-refractivity contribution is 0.100. The van der Waals surface area contributed by atoms with Crippen molar-refractivity contribution < 1.29 is 14.1 Å². The minimum Gasteiger partial charge on any atom is -0.568 e. The van der Waals surface area contributed by atoms with E-state index in [1.807, 2.05) is 0 Å². The first-order valence-corrected chi connectivity index (χ1v) is 5.31. The van der Waals surface area contributed by atoms with E-state index in [0.717, 1.165) is 0 Å². The molecule has 0 aliphatic carbocycles. The van der Waals surface area contributed by atoms with E-state index in [4.69, 9.17) is 10.5 Å². The summed E-state index contributed by atoms with van der Waals surface area (Å²) in [6, 6.07) is 0. The number of rotatable bonds is 3. The highest BCUT2D eigenvalue weighted by Gasteiger charge is 2.26. The van der Waals surface area contributed by atoms with Crippen LogP contribution in [0.5, 0.6) is 5.88 Å². The molecular weight excluding hydrogens is 260 g/mol. The summed E-state index contributed by atoms with van der Waals surface area (Å²) < 4.78 is 20.1. The van der Waals surface area contributed by atoms with Gasteiger partial charge in [-0.15, -0.1) is 0 Å². The SMILES string of the molecule is CCOc1n[s+]([O-])c(C(N)=O)c1Br. The molecule has 1 unspecified atom stereocenters. The topological polar surface area (TPSA) is 88.3 Å². The first-order valence-electron chi connectivity index (χ1n) is 3.41. The normalized spacial score (nSPS) is 11.5. The van der Waals surface area contributed by atoms with Gasteiger partial charge in [-0.2, -0.15) is 0 Å². The van der Waals surface area contributed by atoms with E-state index in [9.17, 15) is 9.35 Å². The van der Waals surface area contributed by atoms with Gasteiger partial charge in [0.2, 0.25) is 0 Å². The molecule has 0 bridgehead atoms. The lowest BCUT2D eigenvalue weighted by Gasteiger charge is -1.93. The van der Waals surface area contributed by atoms with Gasteiger partial charge in [0.25, 0.3) is 10.8 Å². The van der Waals surface area contributed by atoms with Gasteiger partial charge in [0.05, 0.1) is 17.6 Å². The van der Waals surface area contributed by atoms with Crippen LogP contribution in [0.1, 0.15) is 16.6 Å². The third kappa shape index (κ3) is 1.98. The minimum atomic E-state index is -1.73. The Labute approximate surface area is 86.0 Å². The second kappa shape index (κ2) is 4.03. The van der Waals surface area contributed by atoms with Crippen LogP contribution in [0.25, 0.3) is 0 Å². The zero-order chi connectivity index (χ0) is 10.0. The quantitative estimate of drug-likeness (QED) is 0.829. The average Bonchev–Trinajstić information content (AvgIpc) is 2.28. The first-order chi connectivity index (χ1) is 6.07. The van der Waals surface area contributed by atoms with E-state index in [1.165, 1.54) is 0 Å². The predicted octanol–water partition coefficient (Wildman–Crippen LogP) is 1.07. The molecule has 0 aliphatic rings. The van der Waals surface area contributed by atoms with Crippen LogP contribution in [-0.4, -0.2) is 21.4 Å². The molecule has 0 aromatic carbocycles. The van der Waals surface area contributed by atoms with Gasteiger partial charge < -0.3 is 15.0 Å². The molecule has 72 valence electrons. The molecule has 1 atom stereocenters. The lowest BCUT2D eigenvalue weighted by Crippen LogP contribution is -2.10. The Morgan fingerprint density at radius 2 is 2.46 bits per heavy atom. The highest BCUT2D eigenvalue weighted by atomic mass is 79.9. The summed E-state index contributed by atoms with van der Waals surface area (Å²) in [6.45, 7) is 2.14. The molecule has 5 nitrogen and oxygen atoms in total. The molecule has 0 saturated carbocycles. The van der Waals surface area contributed by atoms with Crippen LogP contribution in [0, 0.1) is 0 Å². The Hall–Kier alpha value is -0.660. The minimum absolute atomic E-state index is 0.0524. The Bertz CT molecular complexity index is 339. The fraction of sp³-hybridized carbons (Fsp3) is 0.333. The second-order valence-electron chi connectivity index (χ2n) is 2.09. The maximum absolute atomic E-state index is 11.2. The number of carbonyl (C=O) groups excluding carboxylic acids is 1. The van der Waals surface area contributed by atoms with E-state index in [2.05, 4.69) is 20.3 Å². The summed E-state index contributed by atoms with van der Waals surface area (Å²) in [7, 11) is -1.73. The van der Waals surface area contributed by atoms with Crippen LogP contribution in [0.15, 0.2) is 4.47 Å². The molecule has 1 aromatic rings. The predicted molar refractivity (Wildman–Crippen MR) is 50.3 cm³/mol. The Balaban J connectivity index is 3.14. The zero-order valence-electron chi connectivity index (χ0n) is 6.74. The van der Waals surface area contributed by atoms with Gasteiger partial charge in [-0.25, -0.2) is 0 Å². The number of nitrogens with two attached hydrogens (primary N) is 1. The van der Waals surface area contributed by atoms with E-state index in [-0.39, 0.29) is 15.2 Å². The Kier molecular flexibility index (Phi) is 3.23. The second-order valence-corrected chi connectivity index (χ2v) is 3.97. The monoisotopic (exact) mass is 266 g/mol. The largest absolute Gasteiger partial charge is 0.568 e. The summed E-state index contributed by atoms with van der Waals surface area (Å²) in [4.78, 5) is 10.7. The molecule has 1 heterocycles. The summed E-state index contributed by atoms with van der Waals surface area (Å²) >= 11 is 3.04. The van der Waals surface area contributed by atoms with E-state index in [1.54, 1.807) is 6.92 Å². The Morgan fingerprint density at radius 1 is 1.85 bits per heavy atom. The number of halogens is 1. The maximum atomic E-state index is 11.2. The number of amides is 1. The highest BCUT2D eigenvalue weighted by Crippen LogP contribution is 2.35. The van der Waals surface area contributed by atoms with Crippen molar-refractivity contribution in [2.24, 2.45) is 5.73 Å². The number of carbonyl (C=O) groups is 1. The van der Waals surface area contributed by atoms with Gasteiger partial charge in [-0.3, -0.25) is 4.79 Å². The van der Waals surface area contributed by atoms with Gasteiger partial charge >= 0.3 is 5.91 Å². The maximum Gasteiger partial charge on any atom is 0.305 e. The first kappa shape index (κ1) is 10.4. The lowest BCUT2D eigenvalue weighted by atomic mass is 10.5. The number of hydrogen-bond donors (Lipinski definition) is 1. The van der Waals surface area contributed by atoms with E-state index in [0.29, 0.717) is 6.61 Å². The van der Waals surface area contributed by atoms with Gasteiger partial charge in [0, 0.05) is 4.37 Å². The highest BCUT2D eigenvalue weighted by molar-refractivity contribution is 9.10. The molecule has 0 fully saturated rings. The Morgan fingerprint density at radius 3 is 2.85 bits per heavy atom. The van der Waals surface area contributed by atoms with E-state index >= 15 is 0 Å². The van der Waals surface area contributed by atoms with Crippen molar-refractivity contribution in [2.45, 2.75) is 6.92 Å². The molecule has 1 aromatic heterocycles. The molecular formula is C6H7BrN2O3S.